The molecule has 0 saturated carbocycles. The Morgan fingerprint density at radius 3 is 1.38 bits per heavy atom. The summed E-state index contributed by atoms with van der Waals surface area (Å²) in [5.41, 5.74) is 1.41. The Morgan fingerprint density at radius 2 is 0.979 bits per heavy atom. The van der Waals surface area contributed by atoms with Gasteiger partial charge in [-0.1, -0.05) is 12.1 Å². The number of hydrogen-bond donors (Lipinski definition) is 8. The van der Waals surface area contributed by atoms with E-state index < -0.39 is 55.7 Å². The molecule has 4 atom stereocenters. The zero-order valence-electron chi connectivity index (χ0n) is 24.8. The molecule has 15 nitrogen and oxygen atoms in total. The summed E-state index contributed by atoms with van der Waals surface area (Å²) in [4.78, 5) is 12.4. The molecule has 0 bridgehead atoms. The fourth-order valence-electron chi connectivity index (χ4n) is 5.57. The lowest BCUT2D eigenvalue weighted by molar-refractivity contribution is -0.139. The number of hydrogen-bond acceptors (Lipinski definition) is 15. The molecule has 4 aromatic carbocycles. The van der Waals surface area contributed by atoms with Crippen LogP contribution >= 0.6 is 0 Å². The maximum atomic E-state index is 12.4. The molecule has 2 heterocycles. The second-order valence-electron chi connectivity index (χ2n) is 11.0. The number of carbonyl (C=O) groups excluding carboxylic acids is 1. The van der Waals surface area contributed by atoms with Crippen LogP contribution in [-0.2, 0) is 31.8 Å². The maximum absolute atomic E-state index is 12.4. The third-order valence-corrected chi connectivity index (χ3v) is 7.91. The predicted octanol–water partition coefficient (Wildman–Crippen LogP) is 4.22. The van der Waals surface area contributed by atoms with Crippen molar-refractivity contribution >= 4 is 6.16 Å². The molecule has 4 aromatic rings. The molecule has 0 radical (unpaired) electrons. The number of benzene rings is 4. The van der Waals surface area contributed by atoms with Crippen molar-refractivity contribution in [3.63, 3.8) is 0 Å². The Labute approximate surface area is 271 Å². The van der Waals surface area contributed by atoms with Crippen LogP contribution in [0.1, 0.15) is 34.5 Å². The molecule has 252 valence electrons. The molecular formula is C33H30O15. The fourth-order valence-corrected chi connectivity index (χ4v) is 5.57. The van der Waals surface area contributed by atoms with Gasteiger partial charge in [0.15, 0.2) is 48.8 Å². The van der Waals surface area contributed by atoms with E-state index in [0.29, 0.717) is 22.3 Å². The first kappa shape index (κ1) is 32.0. The summed E-state index contributed by atoms with van der Waals surface area (Å²) < 4.78 is 33.6. The predicted molar refractivity (Wildman–Crippen MR) is 160 cm³/mol. The minimum atomic E-state index is -1.18. The Morgan fingerprint density at radius 1 is 0.562 bits per heavy atom. The van der Waals surface area contributed by atoms with Gasteiger partial charge in [-0.25, -0.2) is 4.79 Å². The van der Waals surface area contributed by atoms with Crippen LogP contribution in [0.3, 0.4) is 0 Å². The summed E-state index contributed by atoms with van der Waals surface area (Å²) in [6.07, 6.45) is -4.67. The van der Waals surface area contributed by atoms with E-state index in [4.69, 9.17) is 28.4 Å². The van der Waals surface area contributed by atoms with Gasteiger partial charge in [0.1, 0.15) is 46.7 Å². The second-order valence-corrected chi connectivity index (χ2v) is 11.0. The van der Waals surface area contributed by atoms with Crippen LogP contribution < -0.4 is 9.47 Å². The molecule has 48 heavy (non-hydrogen) atoms. The summed E-state index contributed by atoms with van der Waals surface area (Å²) in [5, 5.41) is 80.1. The van der Waals surface area contributed by atoms with Crippen LogP contribution in [0.4, 0.5) is 4.79 Å². The highest BCUT2D eigenvalue weighted by atomic mass is 16.8. The zero-order valence-corrected chi connectivity index (χ0v) is 24.8. The number of carbonyl (C=O) groups is 1. The van der Waals surface area contributed by atoms with Gasteiger partial charge in [-0.3, -0.25) is 0 Å². The van der Waals surface area contributed by atoms with Gasteiger partial charge in [-0.05, 0) is 35.4 Å². The van der Waals surface area contributed by atoms with Crippen LogP contribution in [0.15, 0.2) is 60.7 Å². The van der Waals surface area contributed by atoms with E-state index in [2.05, 4.69) is 0 Å². The van der Waals surface area contributed by atoms with E-state index in [1.54, 1.807) is 0 Å². The van der Waals surface area contributed by atoms with E-state index in [1.165, 1.54) is 48.5 Å². The molecule has 0 unspecified atom stereocenters. The van der Waals surface area contributed by atoms with E-state index in [-0.39, 0.29) is 58.8 Å². The van der Waals surface area contributed by atoms with Crippen LogP contribution in [0, 0.1) is 0 Å². The van der Waals surface area contributed by atoms with E-state index in [1.807, 2.05) is 0 Å². The van der Waals surface area contributed by atoms with Gasteiger partial charge in [0, 0.05) is 48.2 Å². The van der Waals surface area contributed by atoms with Crippen molar-refractivity contribution in [2.75, 3.05) is 13.6 Å². The largest absolute Gasteiger partial charge is 0.512 e. The molecule has 0 aliphatic carbocycles. The van der Waals surface area contributed by atoms with Crippen LogP contribution in [-0.4, -0.2) is 72.8 Å². The van der Waals surface area contributed by atoms with Crippen molar-refractivity contribution in [3.05, 3.63) is 82.9 Å². The molecule has 0 aromatic heterocycles. The minimum Gasteiger partial charge on any atom is -0.508 e. The monoisotopic (exact) mass is 666 g/mol. The Hall–Kier alpha value is -5.93. The van der Waals surface area contributed by atoms with Gasteiger partial charge in [0.25, 0.3) is 0 Å². The summed E-state index contributed by atoms with van der Waals surface area (Å²) >= 11 is 0. The Bertz CT molecular complexity index is 1710. The SMILES string of the molecule is O=C(OCO[C@@H]1Cc2c(O)cc(O)cc2O[C@H]1c1ccc(O)c(O)c1)OCO[C@@H]1Cc2c(O)cc(O)cc2O[C@H]1c1ccc(O)c(O)c1. The average Bonchev–Trinajstić information content (AvgIpc) is 3.03. The Balaban J connectivity index is 1.09. The highest BCUT2D eigenvalue weighted by Crippen LogP contribution is 2.45. The van der Waals surface area contributed by atoms with Crippen molar-refractivity contribution in [1.82, 2.24) is 0 Å². The number of aromatic hydroxyl groups is 8. The minimum absolute atomic E-state index is 0.0528. The first-order valence-corrected chi connectivity index (χ1v) is 14.5. The number of ether oxygens (including phenoxy) is 6. The molecular weight excluding hydrogens is 636 g/mol. The standard InChI is InChI=1S/C33H30O15/c34-17-7-23(38)19-11-29(31(47-27(19)9-17)15-1-3-21(36)25(40)5-15)43-13-45-33(42)46-14-44-30-12-20-24(39)8-18(35)10-28(20)48-32(30)16-2-4-22(37)26(41)6-16/h1-10,29-32,34-41H,11-14H2/t29-,30-,31+,32+/m1/s1. The van der Waals surface area contributed by atoms with Gasteiger partial charge < -0.3 is 69.3 Å². The van der Waals surface area contributed by atoms with Gasteiger partial charge >= 0.3 is 6.16 Å². The molecule has 6 rings (SSSR count). The lowest BCUT2D eigenvalue weighted by Crippen LogP contribution is -2.34. The average molecular weight is 667 g/mol. The van der Waals surface area contributed by atoms with E-state index in [9.17, 15) is 45.6 Å². The summed E-state index contributed by atoms with van der Waals surface area (Å²) in [7, 11) is 0. The normalized spacial score (nSPS) is 19.7. The smallest absolute Gasteiger partial charge is 0.508 e. The van der Waals surface area contributed by atoms with Crippen LogP contribution in [0.25, 0.3) is 0 Å². The van der Waals surface area contributed by atoms with Gasteiger partial charge in [-0.2, -0.15) is 0 Å². The quantitative estimate of drug-likeness (QED) is 0.0747. The highest BCUT2D eigenvalue weighted by molar-refractivity contribution is 5.59. The first-order valence-electron chi connectivity index (χ1n) is 14.5. The molecule has 0 amide bonds. The third kappa shape index (κ3) is 6.63. The van der Waals surface area contributed by atoms with Gasteiger partial charge in [0.05, 0.1) is 0 Å². The lowest BCUT2D eigenvalue weighted by Gasteiger charge is -2.34. The van der Waals surface area contributed by atoms with Crippen molar-refractivity contribution in [1.29, 1.82) is 0 Å². The van der Waals surface area contributed by atoms with Crippen molar-refractivity contribution < 1.29 is 74.1 Å². The van der Waals surface area contributed by atoms with Crippen molar-refractivity contribution in [3.8, 4) is 57.5 Å². The van der Waals surface area contributed by atoms with Crippen molar-refractivity contribution in [2.24, 2.45) is 0 Å². The molecule has 8 N–H and O–H groups in total. The Kier molecular flexibility index (Phi) is 8.71. The highest BCUT2D eigenvalue weighted by Gasteiger charge is 2.36. The third-order valence-electron chi connectivity index (χ3n) is 7.91. The van der Waals surface area contributed by atoms with Gasteiger partial charge in [0.2, 0.25) is 0 Å². The topological polar surface area (TPSA) is 234 Å². The number of phenols is 8. The van der Waals surface area contributed by atoms with Crippen LogP contribution in [0.2, 0.25) is 0 Å². The fraction of sp³-hybridized carbons (Fsp3) is 0.242. The van der Waals surface area contributed by atoms with E-state index >= 15 is 0 Å². The summed E-state index contributed by atoms with van der Waals surface area (Å²) in [5.74, 6) is -2.17. The molecule has 2 aliphatic heterocycles. The number of rotatable bonds is 8. The first-order chi connectivity index (χ1) is 23.0. The van der Waals surface area contributed by atoms with Crippen molar-refractivity contribution in [2.45, 2.75) is 37.3 Å². The molecule has 0 spiro atoms. The lowest BCUT2D eigenvalue weighted by atomic mass is 9.93. The number of fused-ring (bicyclic) bond motifs is 2. The molecule has 2 aliphatic rings. The van der Waals surface area contributed by atoms with Gasteiger partial charge in [-0.15, -0.1) is 0 Å². The number of phenolic OH excluding ortho intramolecular Hbond substituents is 8. The molecule has 0 fully saturated rings. The maximum Gasteiger partial charge on any atom is 0.512 e. The molecule has 0 saturated heterocycles. The second kappa shape index (κ2) is 13.1. The summed E-state index contributed by atoms with van der Waals surface area (Å²) in [6, 6.07) is 12.9. The van der Waals surface area contributed by atoms with Crippen LogP contribution in [0.5, 0.6) is 57.5 Å². The summed E-state index contributed by atoms with van der Waals surface area (Å²) in [6.45, 7) is -1.26. The molecule has 15 heteroatoms. The van der Waals surface area contributed by atoms with E-state index in [0.717, 1.165) is 12.1 Å². The zero-order chi connectivity index (χ0) is 34.1.